The van der Waals surface area contributed by atoms with Crippen molar-refractivity contribution in [2.75, 3.05) is 13.1 Å². The minimum atomic E-state index is -0.682. The molecule has 29 heavy (non-hydrogen) atoms. The van der Waals surface area contributed by atoms with E-state index in [1.54, 1.807) is 0 Å². The molecule has 1 aliphatic rings. The molecule has 1 heterocycles. The number of amides is 2. The summed E-state index contributed by atoms with van der Waals surface area (Å²) < 4.78 is 0. The van der Waals surface area contributed by atoms with Crippen LogP contribution >= 0.6 is 12.4 Å². The summed E-state index contributed by atoms with van der Waals surface area (Å²) in [4.78, 5) is 25.6. The Morgan fingerprint density at radius 2 is 1.48 bits per heavy atom. The lowest BCUT2D eigenvalue weighted by Gasteiger charge is -2.26. The van der Waals surface area contributed by atoms with Crippen molar-refractivity contribution in [3.05, 3.63) is 70.8 Å². The molecule has 0 aromatic heterocycles. The molecule has 0 saturated carbocycles. The molecule has 0 radical (unpaired) electrons. The van der Waals surface area contributed by atoms with E-state index >= 15 is 0 Å². The minimum Gasteiger partial charge on any atom is -0.352 e. The first-order valence-corrected chi connectivity index (χ1v) is 9.85. The summed E-state index contributed by atoms with van der Waals surface area (Å²) in [7, 11) is 0. The molecule has 2 aromatic carbocycles. The molecule has 1 atom stereocenters. The van der Waals surface area contributed by atoms with E-state index in [1.807, 2.05) is 62.4 Å². The van der Waals surface area contributed by atoms with Crippen LogP contribution in [-0.2, 0) is 22.7 Å². The van der Waals surface area contributed by atoms with E-state index in [2.05, 4.69) is 16.0 Å². The molecule has 0 bridgehead atoms. The zero-order valence-electron chi connectivity index (χ0n) is 17.1. The lowest BCUT2D eigenvalue weighted by atomic mass is 9.82. The normalized spacial score (nSPS) is 18.0. The Morgan fingerprint density at radius 3 is 2.00 bits per heavy atom. The van der Waals surface area contributed by atoms with Gasteiger partial charge < -0.3 is 16.0 Å². The molecule has 1 fully saturated rings. The Morgan fingerprint density at radius 1 is 0.931 bits per heavy atom. The smallest absolute Gasteiger partial charge is 0.228 e. The molecule has 5 nitrogen and oxygen atoms in total. The van der Waals surface area contributed by atoms with Gasteiger partial charge in [0.1, 0.15) is 0 Å². The molecule has 1 unspecified atom stereocenters. The molecule has 3 rings (SSSR count). The first kappa shape index (κ1) is 22.9. The van der Waals surface area contributed by atoms with Crippen LogP contribution in [0.5, 0.6) is 0 Å². The van der Waals surface area contributed by atoms with E-state index in [4.69, 9.17) is 0 Å². The number of carbonyl (C=O) groups excluding carboxylic acids is 2. The number of rotatable bonds is 7. The summed E-state index contributed by atoms with van der Waals surface area (Å²) >= 11 is 0. The monoisotopic (exact) mass is 415 g/mol. The number of nitrogens with one attached hydrogen (secondary N) is 3. The molecule has 2 amide bonds. The van der Waals surface area contributed by atoms with Crippen LogP contribution in [0.2, 0.25) is 0 Å². The van der Waals surface area contributed by atoms with Gasteiger partial charge in [0.25, 0.3) is 0 Å². The number of hydrogen-bond donors (Lipinski definition) is 3. The zero-order valence-corrected chi connectivity index (χ0v) is 17.9. The van der Waals surface area contributed by atoms with E-state index < -0.39 is 5.41 Å². The standard InChI is InChI=1S/C23H29N3O2.ClH/c1-17-7-3-5-9-19(17)14-25-21(27)13-23(11-12-24-16-23)22(28)26-15-20-10-6-4-8-18(20)2;/h3-10,24H,11-16H2,1-2H3,(H,25,27)(H,26,28);1H. The maximum atomic E-state index is 13.0. The molecular weight excluding hydrogens is 386 g/mol. The van der Waals surface area contributed by atoms with Gasteiger partial charge in [0, 0.05) is 26.1 Å². The second kappa shape index (κ2) is 10.4. The van der Waals surface area contributed by atoms with Crippen LogP contribution in [0.3, 0.4) is 0 Å². The van der Waals surface area contributed by atoms with Crippen LogP contribution in [0.1, 0.15) is 35.1 Å². The maximum absolute atomic E-state index is 13.0. The molecule has 1 saturated heterocycles. The summed E-state index contributed by atoms with van der Waals surface area (Å²) in [5.74, 6) is -0.134. The summed E-state index contributed by atoms with van der Waals surface area (Å²) in [5, 5.41) is 9.29. The second-order valence-electron chi connectivity index (χ2n) is 7.70. The van der Waals surface area contributed by atoms with Crippen molar-refractivity contribution in [2.24, 2.45) is 5.41 Å². The van der Waals surface area contributed by atoms with E-state index in [0.717, 1.165) is 28.8 Å². The van der Waals surface area contributed by atoms with Crippen molar-refractivity contribution in [1.29, 1.82) is 0 Å². The summed E-state index contributed by atoms with van der Waals surface area (Å²) in [5.41, 5.74) is 3.81. The van der Waals surface area contributed by atoms with Crippen molar-refractivity contribution in [1.82, 2.24) is 16.0 Å². The van der Waals surface area contributed by atoms with Gasteiger partial charge in [-0.3, -0.25) is 9.59 Å². The summed E-state index contributed by atoms with van der Waals surface area (Å²) in [6, 6.07) is 16.0. The van der Waals surface area contributed by atoms with Crippen LogP contribution in [0, 0.1) is 19.3 Å². The van der Waals surface area contributed by atoms with Gasteiger partial charge in [-0.25, -0.2) is 0 Å². The Labute approximate surface area is 179 Å². The van der Waals surface area contributed by atoms with Gasteiger partial charge in [0.05, 0.1) is 5.41 Å². The fourth-order valence-electron chi connectivity index (χ4n) is 3.71. The van der Waals surface area contributed by atoms with Crippen LogP contribution in [0.15, 0.2) is 48.5 Å². The molecule has 3 N–H and O–H groups in total. The molecule has 0 spiro atoms. The first-order valence-electron chi connectivity index (χ1n) is 9.85. The predicted molar refractivity (Wildman–Crippen MR) is 118 cm³/mol. The fraction of sp³-hybridized carbons (Fsp3) is 0.391. The van der Waals surface area contributed by atoms with E-state index in [9.17, 15) is 9.59 Å². The Bertz CT molecular complexity index is 848. The van der Waals surface area contributed by atoms with Crippen LogP contribution < -0.4 is 16.0 Å². The Balaban J connectivity index is 0.00000300. The van der Waals surface area contributed by atoms with Crippen molar-refractivity contribution >= 4 is 24.2 Å². The van der Waals surface area contributed by atoms with Crippen molar-refractivity contribution in [3.8, 4) is 0 Å². The Kier molecular flexibility index (Phi) is 8.23. The topological polar surface area (TPSA) is 70.2 Å². The van der Waals surface area contributed by atoms with Gasteiger partial charge in [-0.05, 0) is 49.1 Å². The third-order valence-corrected chi connectivity index (χ3v) is 5.66. The van der Waals surface area contributed by atoms with Crippen molar-refractivity contribution in [2.45, 2.75) is 39.8 Å². The van der Waals surface area contributed by atoms with Gasteiger partial charge in [0.2, 0.25) is 11.8 Å². The van der Waals surface area contributed by atoms with Crippen LogP contribution in [0.25, 0.3) is 0 Å². The van der Waals surface area contributed by atoms with Gasteiger partial charge in [-0.15, -0.1) is 12.4 Å². The van der Waals surface area contributed by atoms with Crippen molar-refractivity contribution < 1.29 is 9.59 Å². The van der Waals surface area contributed by atoms with Gasteiger partial charge in [-0.2, -0.15) is 0 Å². The number of halogens is 1. The average Bonchev–Trinajstić information content (AvgIpc) is 3.16. The first-order chi connectivity index (χ1) is 13.5. The maximum Gasteiger partial charge on any atom is 0.228 e. The SMILES string of the molecule is Cc1ccccc1CNC(=O)CC1(C(=O)NCc2ccccc2C)CCNC1.Cl. The number of benzene rings is 2. The van der Waals surface area contributed by atoms with Gasteiger partial charge in [0.15, 0.2) is 0 Å². The molecule has 156 valence electrons. The lowest BCUT2D eigenvalue weighted by Crippen LogP contribution is -2.45. The molecule has 6 heteroatoms. The highest BCUT2D eigenvalue weighted by Gasteiger charge is 2.42. The second-order valence-corrected chi connectivity index (χ2v) is 7.70. The largest absolute Gasteiger partial charge is 0.352 e. The predicted octanol–water partition coefficient (Wildman–Crippen LogP) is 3.03. The van der Waals surface area contributed by atoms with Crippen molar-refractivity contribution in [3.63, 3.8) is 0 Å². The number of hydrogen-bond acceptors (Lipinski definition) is 3. The van der Waals surface area contributed by atoms with E-state index in [-0.39, 0.29) is 30.6 Å². The van der Waals surface area contributed by atoms with Gasteiger partial charge in [-0.1, -0.05) is 48.5 Å². The minimum absolute atomic E-state index is 0. The highest BCUT2D eigenvalue weighted by atomic mass is 35.5. The summed E-state index contributed by atoms with van der Waals surface area (Å²) in [6.45, 7) is 6.32. The molecule has 0 aliphatic carbocycles. The quantitative estimate of drug-likeness (QED) is 0.651. The zero-order chi connectivity index (χ0) is 20.0. The summed E-state index contributed by atoms with van der Waals surface area (Å²) in [6.07, 6.45) is 0.871. The highest BCUT2D eigenvalue weighted by Crippen LogP contribution is 2.30. The fourth-order valence-corrected chi connectivity index (χ4v) is 3.71. The third kappa shape index (κ3) is 5.81. The molecule has 1 aliphatic heterocycles. The van der Waals surface area contributed by atoms with E-state index in [1.165, 1.54) is 0 Å². The third-order valence-electron chi connectivity index (χ3n) is 5.66. The highest BCUT2D eigenvalue weighted by molar-refractivity contribution is 5.89. The molecule has 2 aromatic rings. The molecular formula is C23H30ClN3O2. The van der Waals surface area contributed by atoms with Crippen LogP contribution in [-0.4, -0.2) is 24.9 Å². The van der Waals surface area contributed by atoms with Crippen LogP contribution in [0.4, 0.5) is 0 Å². The Hall–Kier alpha value is -2.37. The number of carbonyl (C=O) groups is 2. The van der Waals surface area contributed by atoms with Gasteiger partial charge >= 0.3 is 0 Å². The average molecular weight is 416 g/mol. The number of aryl methyl sites for hydroxylation is 2. The lowest BCUT2D eigenvalue weighted by molar-refractivity contribution is -0.135. The van der Waals surface area contributed by atoms with E-state index in [0.29, 0.717) is 26.1 Å².